The molecule has 1 aliphatic carbocycles. The molecule has 2 aliphatic rings. The summed E-state index contributed by atoms with van der Waals surface area (Å²) in [5.74, 6) is 0.961. The van der Waals surface area contributed by atoms with E-state index in [0.717, 1.165) is 33.9 Å². The number of ether oxygens (including phenoxy) is 1. The Morgan fingerprint density at radius 2 is 1.56 bits per heavy atom. The van der Waals surface area contributed by atoms with E-state index in [1.165, 1.54) is 0 Å². The number of nitrogens with one attached hydrogen (secondary N) is 2. The molecule has 5 rings (SSSR count). The molecule has 2 N–H and O–H groups in total. The largest absolute Gasteiger partial charge is 0.497 e. The first-order valence-electron chi connectivity index (χ1n) is 10.5. The minimum Gasteiger partial charge on any atom is -0.497 e. The number of para-hydroxylation sites is 2. The van der Waals surface area contributed by atoms with Crippen LogP contribution < -0.4 is 15.4 Å². The molecular formula is C26H22Cl2N2O2. The lowest BCUT2D eigenvalue weighted by atomic mass is 9.78. The van der Waals surface area contributed by atoms with Crippen LogP contribution in [-0.2, 0) is 4.79 Å². The van der Waals surface area contributed by atoms with Gasteiger partial charge in [-0.2, -0.15) is 0 Å². The zero-order valence-electron chi connectivity index (χ0n) is 17.5. The number of allylic oxidation sites excluding steroid dienone is 1. The Morgan fingerprint density at radius 1 is 0.875 bits per heavy atom. The predicted molar refractivity (Wildman–Crippen MR) is 130 cm³/mol. The maximum Gasteiger partial charge on any atom is 0.163 e. The first-order chi connectivity index (χ1) is 15.5. The highest BCUT2D eigenvalue weighted by molar-refractivity contribution is 6.36. The number of halogens is 2. The number of rotatable bonds is 3. The minimum absolute atomic E-state index is 0.0762. The molecule has 3 aromatic rings. The van der Waals surface area contributed by atoms with Crippen LogP contribution >= 0.6 is 23.2 Å². The number of hydrogen-bond donors (Lipinski definition) is 2. The van der Waals surface area contributed by atoms with Crippen molar-refractivity contribution < 1.29 is 9.53 Å². The fourth-order valence-electron chi connectivity index (χ4n) is 4.61. The third-order valence-corrected chi connectivity index (χ3v) is 6.84. The van der Waals surface area contributed by atoms with Crippen molar-refractivity contribution in [3.05, 3.63) is 99.2 Å². The van der Waals surface area contributed by atoms with Crippen molar-refractivity contribution in [2.24, 2.45) is 0 Å². The normalized spacial score (nSPS) is 19.9. The number of benzene rings is 3. The second-order valence-electron chi connectivity index (χ2n) is 8.08. The van der Waals surface area contributed by atoms with Gasteiger partial charge >= 0.3 is 0 Å². The van der Waals surface area contributed by atoms with Gasteiger partial charge in [-0.1, -0.05) is 53.5 Å². The molecule has 0 bridgehead atoms. The van der Waals surface area contributed by atoms with E-state index in [1.54, 1.807) is 7.11 Å². The van der Waals surface area contributed by atoms with Gasteiger partial charge in [0.15, 0.2) is 5.78 Å². The molecule has 2 atom stereocenters. The van der Waals surface area contributed by atoms with Crippen molar-refractivity contribution in [3.63, 3.8) is 0 Å². The van der Waals surface area contributed by atoms with Gasteiger partial charge in [0.25, 0.3) is 0 Å². The van der Waals surface area contributed by atoms with Crippen molar-refractivity contribution in [2.75, 3.05) is 17.7 Å². The lowest BCUT2D eigenvalue weighted by Gasteiger charge is -2.30. The van der Waals surface area contributed by atoms with Crippen LogP contribution in [0, 0.1) is 0 Å². The maximum absolute atomic E-state index is 13.6. The maximum atomic E-state index is 13.6. The average Bonchev–Trinajstić information content (AvgIpc) is 2.96. The molecule has 0 radical (unpaired) electrons. The lowest BCUT2D eigenvalue weighted by molar-refractivity contribution is -0.116. The summed E-state index contributed by atoms with van der Waals surface area (Å²) in [5.41, 5.74) is 5.26. The summed E-state index contributed by atoms with van der Waals surface area (Å²) in [6.07, 6.45) is 1.13. The highest BCUT2D eigenvalue weighted by atomic mass is 35.5. The Labute approximate surface area is 197 Å². The van der Waals surface area contributed by atoms with Crippen LogP contribution in [0.3, 0.4) is 0 Å². The number of hydrogen-bond acceptors (Lipinski definition) is 4. The van der Waals surface area contributed by atoms with E-state index in [-0.39, 0.29) is 11.7 Å². The van der Waals surface area contributed by atoms with E-state index in [1.807, 2.05) is 66.7 Å². The third-order valence-electron chi connectivity index (χ3n) is 6.18. The number of anilines is 2. The first-order valence-corrected chi connectivity index (χ1v) is 11.3. The number of fused-ring (bicyclic) bond motifs is 1. The van der Waals surface area contributed by atoms with Crippen molar-refractivity contribution in [2.45, 2.75) is 24.8 Å². The van der Waals surface area contributed by atoms with Crippen LogP contribution in [0.5, 0.6) is 5.75 Å². The van der Waals surface area contributed by atoms with Crippen LogP contribution in [0.4, 0.5) is 11.4 Å². The van der Waals surface area contributed by atoms with Gasteiger partial charge in [0, 0.05) is 33.3 Å². The van der Waals surface area contributed by atoms with Crippen LogP contribution in [0.25, 0.3) is 0 Å². The Morgan fingerprint density at radius 3 is 2.25 bits per heavy atom. The highest BCUT2D eigenvalue weighted by Crippen LogP contribution is 2.46. The predicted octanol–water partition coefficient (Wildman–Crippen LogP) is 6.98. The van der Waals surface area contributed by atoms with E-state index in [9.17, 15) is 4.79 Å². The van der Waals surface area contributed by atoms with Gasteiger partial charge in [-0.3, -0.25) is 4.79 Å². The molecule has 32 heavy (non-hydrogen) atoms. The molecule has 1 aliphatic heterocycles. The molecular weight excluding hydrogens is 443 g/mol. The van der Waals surface area contributed by atoms with Crippen LogP contribution in [0.15, 0.2) is 78.0 Å². The molecule has 0 aromatic heterocycles. The lowest BCUT2D eigenvalue weighted by Crippen LogP contribution is -2.27. The van der Waals surface area contributed by atoms with Gasteiger partial charge in [0.2, 0.25) is 0 Å². The molecule has 162 valence electrons. The van der Waals surface area contributed by atoms with Crippen molar-refractivity contribution in [1.82, 2.24) is 0 Å². The van der Waals surface area contributed by atoms with Crippen LogP contribution in [0.1, 0.15) is 35.9 Å². The SMILES string of the molecule is COc1ccc([C@H]2CC(=O)C3=C(C2)Nc2ccccc2N[C@H]3c2c(Cl)cccc2Cl)cc1. The fourth-order valence-corrected chi connectivity index (χ4v) is 5.22. The average molecular weight is 465 g/mol. The van der Waals surface area contributed by atoms with Crippen molar-refractivity contribution in [1.29, 1.82) is 0 Å². The van der Waals surface area contributed by atoms with Crippen LogP contribution in [-0.4, -0.2) is 12.9 Å². The van der Waals surface area contributed by atoms with Gasteiger partial charge in [-0.25, -0.2) is 0 Å². The number of ketones is 1. The molecule has 0 unspecified atom stereocenters. The monoisotopic (exact) mass is 464 g/mol. The Hall–Kier alpha value is -2.95. The summed E-state index contributed by atoms with van der Waals surface area (Å²) in [7, 11) is 1.65. The zero-order chi connectivity index (χ0) is 22.2. The number of carbonyl (C=O) groups is 1. The molecule has 3 aromatic carbocycles. The summed E-state index contributed by atoms with van der Waals surface area (Å²) in [5, 5.41) is 8.14. The first kappa shape index (κ1) is 20.9. The number of methoxy groups -OCH3 is 1. The summed E-state index contributed by atoms with van der Waals surface area (Å²) in [6, 6.07) is 20.9. The van der Waals surface area contributed by atoms with Crippen molar-refractivity contribution in [3.8, 4) is 5.75 Å². The van der Waals surface area contributed by atoms with Gasteiger partial charge in [-0.05, 0) is 54.3 Å². The Balaban J connectivity index is 1.62. The minimum atomic E-state index is -0.438. The molecule has 6 heteroatoms. The van der Waals surface area contributed by atoms with Crippen molar-refractivity contribution >= 4 is 40.4 Å². The van der Waals surface area contributed by atoms with E-state index < -0.39 is 6.04 Å². The third kappa shape index (κ3) is 3.74. The molecule has 0 fully saturated rings. The van der Waals surface area contributed by atoms with Gasteiger partial charge in [0.1, 0.15) is 5.75 Å². The molecule has 0 saturated carbocycles. The summed E-state index contributed by atoms with van der Waals surface area (Å²) < 4.78 is 5.28. The van der Waals surface area contributed by atoms with E-state index in [4.69, 9.17) is 27.9 Å². The molecule has 0 saturated heterocycles. The van der Waals surface area contributed by atoms with Gasteiger partial charge in [-0.15, -0.1) is 0 Å². The molecule has 0 amide bonds. The summed E-state index contributed by atoms with van der Waals surface area (Å²) in [6.45, 7) is 0. The van der Waals surface area contributed by atoms with Gasteiger partial charge in [0.05, 0.1) is 24.5 Å². The smallest absolute Gasteiger partial charge is 0.163 e. The second kappa shape index (κ2) is 8.53. The van der Waals surface area contributed by atoms with E-state index >= 15 is 0 Å². The fraction of sp³-hybridized carbons (Fsp3) is 0.192. The Bertz CT molecular complexity index is 1200. The second-order valence-corrected chi connectivity index (χ2v) is 8.89. The molecule has 0 spiro atoms. The molecule has 4 nitrogen and oxygen atoms in total. The highest BCUT2D eigenvalue weighted by Gasteiger charge is 2.37. The topological polar surface area (TPSA) is 50.4 Å². The summed E-state index contributed by atoms with van der Waals surface area (Å²) in [4.78, 5) is 13.6. The Kier molecular flexibility index (Phi) is 5.58. The standard InChI is InChI=1S/C26H22Cl2N2O2/c1-32-17-11-9-15(10-12-17)16-13-22-25(23(31)14-16)26(24-18(27)5-4-6-19(24)28)30-21-8-3-2-7-20(21)29-22/h2-12,16,26,29-30H,13-14H2,1H3/t16-,26+/m1/s1. The van der Waals surface area contributed by atoms with Crippen LogP contribution in [0.2, 0.25) is 10.0 Å². The van der Waals surface area contributed by atoms with E-state index in [0.29, 0.717) is 28.5 Å². The number of Topliss-reactive ketones (excluding diaryl/α,β-unsaturated/α-hetero) is 1. The van der Waals surface area contributed by atoms with E-state index in [2.05, 4.69) is 10.6 Å². The number of carbonyl (C=O) groups excluding carboxylic acids is 1. The van der Waals surface area contributed by atoms with Gasteiger partial charge < -0.3 is 15.4 Å². The quantitative estimate of drug-likeness (QED) is 0.438. The zero-order valence-corrected chi connectivity index (χ0v) is 19.0. The molecule has 1 heterocycles. The summed E-state index contributed by atoms with van der Waals surface area (Å²) >= 11 is 13.2.